The number of hydrogen-bond acceptors (Lipinski definition) is 4. The number of pyridine rings is 1. The van der Waals surface area contributed by atoms with E-state index in [0.717, 1.165) is 22.3 Å². The molecule has 0 N–H and O–H groups in total. The van der Waals surface area contributed by atoms with Gasteiger partial charge in [-0.05, 0) is 24.3 Å². The maximum Gasteiger partial charge on any atom is 0.154 e. The summed E-state index contributed by atoms with van der Waals surface area (Å²) in [5, 5.41) is 0.496. The van der Waals surface area contributed by atoms with Crippen molar-refractivity contribution in [3.8, 4) is 11.3 Å². The topological polar surface area (TPSA) is 55.7 Å². The highest BCUT2D eigenvalue weighted by atomic mass is 32.2. The molecule has 1 unspecified atom stereocenters. The Morgan fingerprint density at radius 3 is 2.16 bits per heavy atom. The van der Waals surface area contributed by atoms with Crippen LogP contribution in [-0.4, -0.2) is 19.2 Å². The van der Waals surface area contributed by atoms with Gasteiger partial charge in [-0.15, -0.1) is 0 Å². The Balaban J connectivity index is 1.84. The molecule has 4 rings (SSSR count). The van der Waals surface area contributed by atoms with Crippen molar-refractivity contribution in [1.82, 2.24) is 15.0 Å². The van der Waals surface area contributed by atoms with Crippen LogP contribution in [0, 0.1) is 0 Å². The summed E-state index contributed by atoms with van der Waals surface area (Å²) < 4.78 is 13.0. The van der Waals surface area contributed by atoms with Crippen LogP contribution in [0.4, 0.5) is 0 Å². The molecule has 4 aromatic rings. The lowest BCUT2D eigenvalue weighted by atomic mass is 10.1. The predicted octanol–water partition coefficient (Wildman–Crippen LogP) is 4.00. The first-order chi connectivity index (χ1) is 12.3. The van der Waals surface area contributed by atoms with Crippen molar-refractivity contribution in [3.63, 3.8) is 0 Å². The lowest BCUT2D eigenvalue weighted by molar-refractivity contribution is 0.679. The largest absolute Gasteiger partial charge is 0.260 e. The molecule has 5 heteroatoms. The van der Waals surface area contributed by atoms with E-state index in [1.165, 1.54) is 0 Å². The van der Waals surface area contributed by atoms with Gasteiger partial charge in [0.15, 0.2) is 5.03 Å². The Morgan fingerprint density at radius 2 is 1.44 bits per heavy atom. The van der Waals surface area contributed by atoms with Crippen LogP contribution in [0.5, 0.6) is 0 Å². The summed E-state index contributed by atoms with van der Waals surface area (Å²) >= 11 is 0. The van der Waals surface area contributed by atoms with Crippen LogP contribution in [0.1, 0.15) is 5.69 Å². The maximum absolute atomic E-state index is 13.0. The summed E-state index contributed by atoms with van der Waals surface area (Å²) in [4.78, 5) is 13.7. The Morgan fingerprint density at radius 1 is 0.760 bits per heavy atom. The van der Waals surface area contributed by atoms with Crippen molar-refractivity contribution in [1.29, 1.82) is 0 Å². The second-order valence-electron chi connectivity index (χ2n) is 5.54. The molecule has 0 radical (unpaired) electrons. The molecule has 0 aliphatic carbocycles. The number of benzene rings is 2. The molecule has 1 atom stereocenters. The monoisotopic (exact) mass is 345 g/mol. The Bertz CT molecular complexity index is 1040. The van der Waals surface area contributed by atoms with Gasteiger partial charge in [0.1, 0.15) is 5.69 Å². The average Bonchev–Trinajstić information content (AvgIpc) is 2.68. The standard InChI is InChI=1S/C20H15N3OS/c24-25(14-16-10-6-7-13-21-16)20-19(15-8-2-1-3-9-15)22-17-11-4-5-12-18(17)23-20/h1-13H,14H2. The molecule has 0 saturated carbocycles. The van der Waals surface area contributed by atoms with E-state index in [4.69, 9.17) is 4.98 Å². The second-order valence-corrected chi connectivity index (χ2v) is 6.91. The molecule has 0 aliphatic heterocycles. The molecule has 0 bridgehead atoms. The van der Waals surface area contributed by atoms with Gasteiger partial charge in [-0.1, -0.05) is 48.5 Å². The number of aromatic nitrogens is 3. The molecule has 2 aromatic carbocycles. The molecule has 0 saturated heterocycles. The van der Waals surface area contributed by atoms with Crippen LogP contribution in [0.2, 0.25) is 0 Å². The molecule has 2 aromatic heterocycles. The highest BCUT2D eigenvalue weighted by molar-refractivity contribution is 7.84. The first-order valence-corrected chi connectivity index (χ1v) is 9.23. The SMILES string of the molecule is O=S(Cc1ccccn1)c1nc2ccccc2nc1-c1ccccc1. The minimum Gasteiger partial charge on any atom is -0.260 e. The van der Waals surface area contributed by atoms with Gasteiger partial charge in [0.05, 0.1) is 33.3 Å². The first-order valence-electron chi connectivity index (χ1n) is 7.92. The fraction of sp³-hybridized carbons (Fsp3) is 0.0500. The summed E-state index contributed by atoms with van der Waals surface area (Å²) in [5.74, 6) is 0.313. The summed E-state index contributed by atoms with van der Waals surface area (Å²) in [5.41, 5.74) is 3.87. The molecule has 25 heavy (non-hydrogen) atoms. The van der Waals surface area contributed by atoms with Crippen molar-refractivity contribution in [3.05, 3.63) is 84.7 Å². The van der Waals surface area contributed by atoms with E-state index in [1.807, 2.05) is 72.8 Å². The van der Waals surface area contributed by atoms with E-state index in [2.05, 4.69) is 9.97 Å². The molecule has 0 spiro atoms. The highest BCUT2D eigenvalue weighted by Gasteiger charge is 2.17. The normalized spacial score (nSPS) is 12.2. The van der Waals surface area contributed by atoms with Gasteiger partial charge < -0.3 is 0 Å². The van der Waals surface area contributed by atoms with Crippen LogP contribution in [0.3, 0.4) is 0 Å². The molecule has 0 fully saturated rings. The smallest absolute Gasteiger partial charge is 0.154 e. The zero-order valence-corrected chi connectivity index (χ0v) is 14.2. The van der Waals surface area contributed by atoms with Crippen LogP contribution in [0.15, 0.2) is 84.0 Å². The lowest BCUT2D eigenvalue weighted by Crippen LogP contribution is -2.05. The Labute approximate surface area is 148 Å². The zero-order chi connectivity index (χ0) is 17.1. The zero-order valence-electron chi connectivity index (χ0n) is 13.4. The van der Waals surface area contributed by atoms with Crippen molar-refractivity contribution in [2.24, 2.45) is 0 Å². The van der Waals surface area contributed by atoms with Gasteiger partial charge in [-0.3, -0.25) is 9.19 Å². The third-order valence-electron chi connectivity index (χ3n) is 3.81. The van der Waals surface area contributed by atoms with Crippen LogP contribution < -0.4 is 0 Å². The third-order valence-corrected chi connectivity index (χ3v) is 5.08. The van der Waals surface area contributed by atoms with Gasteiger partial charge in [0.2, 0.25) is 0 Å². The molecular formula is C20H15N3OS. The highest BCUT2D eigenvalue weighted by Crippen LogP contribution is 2.26. The molecule has 0 amide bonds. The van der Waals surface area contributed by atoms with Crippen molar-refractivity contribution in [2.75, 3.05) is 0 Å². The summed E-state index contributed by atoms with van der Waals surface area (Å²) in [6, 6.07) is 23.0. The van der Waals surface area contributed by atoms with Crippen molar-refractivity contribution < 1.29 is 4.21 Å². The van der Waals surface area contributed by atoms with E-state index < -0.39 is 10.8 Å². The lowest BCUT2D eigenvalue weighted by Gasteiger charge is -2.10. The Kier molecular flexibility index (Phi) is 4.31. The molecular weight excluding hydrogens is 330 g/mol. The van der Waals surface area contributed by atoms with Gasteiger partial charge in [0, 0.05) is 11.8 Å². The number of hydrogen-bond donors (Lipinski definition) is 0. The van der Waals surface area contributed by atoms with Crippen LogP contribution >= 0.6 is 0 Å². The number of rotatable bonds is 4. The molecule has 4 nitrogen and oxygen atoms in total. The minimum absolute atomic E-state index is 0.313. The fourth-order valence-corrected chi connectivity index (χ4v) is 3.77. The fourth-order valence-electron chi connectivity index (χ4n) is 2.61. The van der Waals surface area contributed by atoms with E-state index in [0.29, 0.717) is 16.5 Å². The molecule has 0 aliphatic rings. The van der Waals surface area contributed by atoms with Crippen LogP contribution in [0.25, 0.3) is 22.3 Å². The summed E-state index contributed by atoms with van der Waals surface area (Å²) in [6.45, 7) is 0. The summed E-state index contributed by atoms with van der Waals surface area (Å²) in [7, 11) is -1.34. The van der Waals surface area contributed by atoms with Gasteiger partial charge in [0.25, 0.3) is 0 Å². The van der Waals surface area contributed by atoms with E-state index in [1.54, 1.807) is 6.20 Å². The van der Waals surface area contributed by atoms with E-state index in [-0.39, 0.29) is 0 Å². The second kappa shape index (κ2) is 6.91. The van der Waals surface area contributed by atoms with Gasteiger partial charge >= 0.3 is 0 Å². The minimum atomic E-state index is -1.34. The van der Waals surface area contributed by atoms with Gasteiger partial charge in [-0.25, -0.2) is 9.97 Å². The number of nitrogens with zero attached hydrogens (tertiary/aromatic N) is 3. The van der Waals surface area contributed by atoms with E-state index in [9.17, 15) is 4.21 Å². The third kappa shape index (κ3) is 3.32. The summed E-state index contributed by atoms with van der Waals surface area (Å²) in [6.07, 6.45) is 1.71. The molecule has 2 heterocycles. The first kappa shape index (κ1) is 15.6. The molecule has 122 valence electrons. The number of fused-ring (bicyclic) bond motifs is 1. The number of para-hydroxylation sites is 2. The Hall–Kier alpha value is -2.92. The quantitative estimate of drug-likeness (QED) is 0.561. The van der Waals surface area contributed by atoms with Crippen LogP contribution in [-0.2, 0) is 16.6 Å². The predicted molar refractivity (Wildman–Crippen MR) is 99.3 cm³/mol. The van der Waals surface area contributed by atoms with Gasteiger partial charge in [-0.2, -0.15) is 0 Å². The van der Waals surface area contributed by atoms with Crippen molar-refractivity contribution >= 4 is 21.8 Å². The van der Waals surface area contributed by atoms with Crippen molar-refractivity contribution in [2.45, 2.75) is 10.8 Å². The van der Waals surface area contributed by atoms with E-state index >= 15 is 0 Å². The average molecular weight is 345 g/mol. The maximum atomic E-state index is 13.0.